The van der Waals surface area contributed by atoms with E-state index in [0.29, 0.717) is 0 Å². The molecule has 0 saturated carbocycles. The van der Waals surface area contributed by atoms with Crippen LogP contribution in [-0.4, -0.2) is 12.0 Å². The minimum Gasteiger partial charge on any atom is -0.294 e. The molecule has 13 heavy (non-hydrogen) atoms. The van der Waals surface area contributed by atoms with Crippen LogP contribution in [0, 0.1) is 5.41 Å². The van der Waals surface area contributed by atoms with Gasteiger partial charge in [-0.05, 0) is 12.2 Å². The van der Waals surface area contributed by atoms with Crippen molar-refractivity contribution in [3.63, 3.8) is 0 Å². The molecule has 70 valence electrons. The molecule has 0 amide bonds. The van der Waals surface area contributed by atoms with Crippen LogP contribution in [0.1, 0.15) is 27.2 Å². The van der Waals surface area contributed by atoms with Crippen molar-refractivity contribution < 1.29 is 4.79 Å². The van der Waals surface area contributed by atoms with Gasteiger partial charge in [0.2, 0.25) is 0 Å². The highest BCUT2D eigenvalue weighted by atomic mass is 16.1. The molecular weight excluding hydrogens is 162 g/mol. The van der Waals surface area contributed by atoms with Crippen LogP contribution in [0.25, 0.3) is 0 Å². The van der Waals surface area contributed by atoms with Gasteiger partial charge in [-0.2, -0.15) is 0 Å². The van der Waals surface area contributed by atoms with Gasteiger partial charge in [-0.1, -0.05) is 26.8 Å². The zero-order valence-electron chi connectivity index (χ0n) is 8.37. The summed E-state index contributed by atoms with van der Waals surface area (Å²) in [6.45, 7) is 5.73. The molecule has 0 aromatic carbocycles. The van der Waals surface area contributed by atoms with Crippen LogP contribution in [0.2, 0.25) is 0 Å². The molecule has 0 radical (unpaired) electrons. The predicted molar refractivity (Wildman–Crippen MR) is 54.8 cm³/mol. The van der Waals surface area contributed by atoms with Crippen molar-refractivity contribution in [2.24, 2.45) is 10.4 Å². The van der Waals surface area contributed by atoms with Gasteiger partial charge in [0.15, 0.2) is 5.78 Å². The van der Waals surface area contributed by atoms with E-state index in [1.165, 1.54) is 0 Å². The van der Waals surface area contributed by atoms with Gasteiger partial charge in [0.05, 0.1) is 5.70 Å². The molecule has 0 saturated heterocycles. The summed E-state index contributed by atoms with van der Waals surface area (Å²) in [5.74, 6) is 0.135. The van der Waals surface area contributed by atoms with Gasteiger partial charge in [-0.25, -0.2) is 0 Å². The lowest BCUT2D eigenvalue weighted by Crippen LogP contribution is -2.17. The highest BCUT2D eigenvalue weighted by molar-refractivity contribution is 5.94. The molecular formula is C11H15NO. The standard InChI is InChI=1S/C11H15NO/c1-11(2,3)10(13)7-6-9-5-4-8-12-9/h5-8H,4H2,1-3H3/b7-6+. The van der Waals surface area contributed by atoms with Crippen LogP contribution in [0.5, 0.6) is 0 Å². The summed E-state index contributed by atoms with van der Waals surface area (Å²) in [6, 6.07) is 0. The zero-order valence-corrected chi connectivity index (χ0v) is 8.37. The number of nitrogens with zero attached hydrogens (tertiary/aromatic N) is 1. The Morgan fingerprint density at radius 1 is 1.54 bits per heavy atom. The molecule has 0 N–H and O–H groups in total. The number of aliphatic imine (C=N–C) groups is 1. The van der Waals surface area contributed by atoms with Crippen LogP contribution >= 0.6 is 0 Å². The molecule has 0 fully saturated rings. The average Bonchev–Trinajstić information content (AvgIpc) is 2.50. The van der Waals surface area contributed by atoms with Gasteiger partial charge in [0.25, 0.3) is 0 Å². The van der Waals surface area contributed by atoms with Crippen LogP contribution in [-0.2, 0) is 4.79 Å². The fourth-order valence-corrected chi connectivity index (χ4v) is 0.906. The fourth-order valence-electron chi connectivity index (χ4n) is 0.906. The highest BCUT2D eigenvalue weighted by Gasteiger charge is 2.17. The Balaban J connectivity index is 2.58. The summed E-state index contributed by atoms with van der Waals surface area (Å²) in [5.41, 5.74) is 0.594. The second kappa shape index (κ2) is 3.69. The van der Waals surface area contributed by atoms with E-state index in [9.17, 15) is 4.79 Å². The third-order valence-corrected chi connectivity index (χ3v) is 1.82. The number of rotatable bonds is 2. The van der Waals surface area contributed by atoms with E-state index < -0.39 is 0 Å². The molecule has 0 aromatic rings. The summed E-state index contributed by atoms with van der Waals surface area (Å²) in [5, 5.41) is 0. The van der Waals surface area contributed by atoms with Crippen molar-refractivity contribution in [2.75, 3.05) is 0 Å². The van der Waals surface area contributed by atoms with Crippen molar-refractivity contribution in [2.45, 2.75) is 27.2 Å². The summed E-state index contributed by atoms with van der Waals surface area (Å²) >= 11 is 0. The number of hydrogen-bond donors (Lipinski definition) is 0. The molecule has 0 atom stereocenters. The highest BCUT2D eigenvalue weighted by Crippen LogP contribution is 2.16. The van der Waals surface area contributed by atoms with Crippen LogP contribution in [0.15, 0.2) is 28.9 Å². The maximum Gasteiger partial charge on any atom is 0.161 e. The average molecular weight is 177 g/mol. The van der Waals surface area contributed by atoms with E-state index in [2.05, 4.69) is 4.99 Å². The Kier molecular flexibility index (Phi) is 2.81. The molecule has 0 unspecified atom stereocenters. The molecule has 1 aliphatic rings. The first-order chi connectivity index (χ1) is 6.00. The predicted octanol–water partition coefficient (Wildman–Crippen LogP) is 2.52. The SMILES string of the molecule is CC(C)(C)C(=O)/C=C/C1=CCC=N1. The van der Waals surface area contributed by atoms with Crippen molar-refractivity contribution in [1.82, 2.24) is 0 Å². The molecule has 0 aliphatic carbocycles. The Hall–Kier alpha value is -1.18. The molecule has 0 bridgehead atoms. The number of carbonyl (C=O) groups excluding carboxylic acids is 1. The van der Waals surface area contributed by atoms with Crippen LogP contribution < -0.4 is 0 Å². The van der Waals surface area contributed by atoms with E-state index in [0.717, 1.165) is 12.1 Å². The smallest absolute Gasteiger partial charge is 0.161 e. The van der Waals surface area contributed by atoms with Gasteiger partial charge in [0.1, 0.15) is 0 Å². The summed E-state index contributed by atoms with van der Waals surface area (Å²) < 4.78 is 0. The Bertz CT molecular complexity index is 290. The maximum atomic E-state index is 11.5. The van der Waals surface area contributed by atoms with E-state index in [1.807, 2.05) is 33.1 Å². The maximum absolute atomic E-state index is 11.5. The Morgan fingerprint density at radius 2 is 2.23 bits per heavy atom. The first kappa shape index (κ1) is 9.90. The summed E-state index contributed by atoms with van der Waals surface area (Å²) in [7, 11) is 0. The van der Waals surface area contributed by atoms with Gasteiger partial charge >= 0.3 is 0 Å². The molecule has 1 rings (SSSR count). The molecule has 0 spiro atoms. The van der Waals surface area contributed by atoms with E-state index in [-0.39, 0.29) is 11.2 Å². The van der Waals surface area contributed by atoms with Gasteiger partial charge in [-0.3, -0.25) is 9.79 Å². The lowest BCUT2D eigenvalue weighted by atomic mass is 9.90. The quantitative estimate of drug-likeness (QED) is 0.596. The van der Waals surface area contributed by atoms with Gasteiger partial charge in [-0.15, -0.1) is 0 Å². The molecule has 1 heterocycles. The first-order valence-electron chi connectivity index (χ1n) is 4.45. The molecule has 2 heteroatoms. The lowest BCUT2D eigenvalue weighted by Gasteiger charge is -2.12. The summed E-state index contributed by atoms with van der Waals surface area (Å²) in [6.07, 6.45) is 8.09. The van der Waals surface area contributed by atoms with Gasteiger partial charge < -0.3 is 0 Å². The third kappa shape index (κ3) is 2.98. The van der Waals surface area contributed by atoms with Crippen LogP contribution in [0.4, 0.5) is 0 Å². The second-order valence-electron chi connectivity index (χ2n) is 4.12. The minimum atomic E-state index is -0.292. The molecule has 0 aromatic heterocycles. The second-order valence-corrected chi connectivity index (χ2v) is 4.12. The minimum absolute atomic E-state index is 0.135. The topological polar surface area (TPSA) is 29.4 Å². The number of carbonyl (C=O) groups is 1. The van der Waals surface area contributed by atoms with Gasteiger partial charge in [0, 0.05) is 18.1 Å². The third-order valence-electron chi connectivity index (χ3n) is 1.82. The van der Waals surface area contributed by atoms with E-state index in [1.54, 1.807) is 12.2 Å². The Morgan fingerprint density at radius 3 is 2.69 bits per heavy atom. The lowest BCUT2D eigenvalue weighted by molar-refractivity contribution is -0.121. The summed E-state index contributed by atoms with van der Waals surface area (Å²) in [4.78, 5) is 15.5. The van der Waals surface area contributed by atoms with Crippen LogP contribution in [0.3, 0.4) is 0 Å². The van der Waals surface area contributed by atoms with Crippen molar-refractivity contribution in [3.05, 3.63) is 23.9 Å². The monoisotopic (exact) mass is 177 g/mol. The van der Waals surface area contributed by atoms with Crippen molar-refractivity contribution in [1.29, 1.82) is 0 Å². The zero-order chi connectivity index (χ0) is 9.90. The molecule has 2 nitrogen and oxygen atoms in total. The van der Waals surface area contributed by atoms with E-state index in [4.69, 9.17) is 0 Å². The Labute approximate surface area is 79.1 Å². The molecule has 1 aliphatic heterocycles. The number of allylic oxidation sites excluding steroid dienone is 3. The normalized spacial score (nSPS) is 16.7. The first-order valence-corrected chi connectivity index (χ1v) is 4.45. The number of hydrogen-bond acceptors (Lipinski definition) is 2. The van der Waals surface area contributed by atoms with E-state index >= 15 is 0 Å². The van der Waals surface area contributed by atoms with Crippen molar-refractivity contribution in [3.8, 4) is 0 Å². The largest absolute Gasteiger partial charge is 0.294 e. The fraction of sp³-hybridized carbons (Fsp3) is 0.455. The van der Waals surface area contributed by atoms with Crippen molar-refractivity contribution >= 4 is 12.0 Å². The number of ketones is 1.